The van der Waals surface area contributed by atoms with Gasteiger partial charge in [-0.15, -0.1) is 0 Å². The summed E-state index contributed by atoms with van der Waals surface area (Å²) < 4.78 is 28.7. The second-order valence-corrected chi connectivity index (χ2v) is 5.86. The van der Waals surface area contributed by atoms with Gasteiger partial charge >= 0.3 is 0 Å². The first-order valence-electron chi connectivity index (χ1n) is 4.16. The molecule has 5 nitrogen and oxygen atoms in total. The molecule has 0 saturated carbocycles. The first kappa shape index (κ1) is 9.79. The number of fused-ring (bicyclic) bond motifs is 1. The topological polar surface area (TPSA) is 61.2 Å². The normalized spacial score (nSPS) is 16.1. The zero-order valence-corrected chi connectivity index (χ0v) is 8.88. The average molecular weight is 237 g/mol. The van der Waals surface area contributed by atoms with Gasteiger partial charge in [0.2, 0.25) is 14.9 Å². The van der Waals surface area contributed by atoms with Crippen LogP contribution < -0.4 is 4.74 Å². The minimum Gasteiger partial charge on any atom is -0.478 e. The Morgan fingerprint density at radius 1 is 1.64 bits per heavy atom. The van der Waals surface area contributed by atoms with Crippen LogP contribution in [0.1, 0.15) is 12.0 Å². The van der Waals surface area contributed by atoms with E-state index in [1.807, 2.05) is 0 Å². The second-order valence-electron chi connectivity index (χ2n) is 3.08. The third-order valence-corrected chi connectivity index (χ3v) is 2.93. The molecular weight excluding hydrogens is 228 g/mol. The van der Waals surface area contributed by atoms with Gasteiger partial charge in [-0.1, -0.05) is 0 Å². The highest BCUT2D eigenvalue weighted by atomic mass is 35.7. The lowest BCUT2D eigenvalue weighted by atomic mass is 10.3. The lowest BCUT2D eigenvalue weighted by molar-refractivity contribution is 0.229. The minimum atomic E-state index is -3.54. The number of hydrogen-bond acceptors (Lipinski definition) is 4. The molecule has 0 atom stereocenters. The van der Waals surface area contributed by atoms with Gasteiger partial charge in [0.05, 0.1) is 24.1 Å². The summed E-state index contributed by atoms with van der Waals surface area (Å²) in [4.78, 5) is 0. The fraction of sp³-hybridized carbons (Fsp3) is 0.571. The van der Waals surface area contributed by atoms with E-state index in [-0.39, 0.29) is 5.75 Å². The van der Waals surface area contributed by atoms with E-state index in [0.717, 1.165) is 13.0 Å². The van der Waals surface area contributed by atoms with E-state index in [2.05, 4.69) is 5.10 Å². The number of aryl methyl sites for hydroxylation is 1. The molecule has 2 heterocycles. The van der Waals surface area contributed by atoms with E-state index < -0.39 is 9.05 Å². The van der Waals surface area contributed by atoms with Crippen molar-refractivity contribution < 1.29 is 13.2 Å². The summed E-state index contributed by atoms with van der Waals surface area (Å²) >= 11 is 0. The van der Waals surface area contributed by atoms with Crippen LogP contribution in [0.5, 0.6) is 5.88 Å². The SMILES string of the molecule is O=S(=O)(Cl)Cc1cnn2c1OCCC2. The zero-order valence-electron chi connectivity index (χ0n) is 7.31. The summed E-state index contributed by atoms with van der Waals surface area (Å²) in [6.45, 7) is 1.36. The highest BCUT2D eigenvalue weighted by molar-refractivity contribution is 8.13. The summed E-state index contributed by atoms with van der Waals surface area (Å²) in [7, 11) is 1.61. The van der Waals surface area contributed by atoms with Crippen molar-refractivity contribution >= 4 is 19.7 Å². The van der Waals surface area contributed by atoms with E-state index in [4.69, 9.17) is 15.4 Å². The minimum absolute atomic E-state index is 0.232. The fourth-order valence-corrected chi connectivity index (χ4v) is 2.33. The Morgan fingerprint density at radius 2 is 2.43 bits per heavy atom. The molecule has 0 aliphatic carbocycles. The number of ether oxygens (including phenoxy) is 1. The quantitative estimate of drug-likeness (QED) is 0.711. The number of aromatic nitrogens is 2. The van der Waals surface area contributed by atoms with Crippen LogP contribution in [0.15, 0.2) is 6.20 Å². The van der Waals surface area contributed by atoms with Crippen LogP contribution in [0.3, 0.4) is 0 Å². The first-order chi connectivity index (χ1) is 6.56. The number of rotatable bonds is 2. The van der Waals surface area contributed by atoms with Crippen molar-refractivity contribution in [2.75, 3.05) is 6.61 Å². The van der Waals surface area contributed by atoms with Crippen LogP contribution in [0.2, 0.25) is 0 Å². The summed E-state index contributed by atoms with van der Waals surface area (Å²) in [6, 6.07) is 0. The average Bonchev–Trinajstić information content (AvgIpc) is 2.47. The molecule has 1 aromatic rings. The van der Waals surface area contributed by atoms with Gasteiger partial charge in [-0.05, 0) is 0 Å². The maximum Gasteiger partial charge on any atom is 0.237 e. The van der Waals surface area contributed by atoms with Crippen molar-refractivity contribution in [3.8, 4) is 5.88 Å². The van der Waals surface area contributed by atoms with Crippen molar-refractivity contribution in [1.29, 1.82) is 0 Å². The summed E-state index contributed by atoms with van der Waals surface area (Å²) in [6.07, 6.45) is 2.38. The van der Waals surface area contributed by atoms with Gasteiger partial charge < -0.3 is 4.74 Å². The molecule has 0 bridgehead atoms. The molecule has 14 heavy (non-hydrogen) atoms. The highest BCUT2D eigenvalue weighted by Crippen LogP contribution is 2.24. The Labute approximate surface area is 86.0 Å². The van der Waals surface area contributed by atoms with Gasteiger partial charge in [0.15, 0.2) is 0 Å². The molecule has 2 rings (SSSR count). The van der Waals surface area contributed by atoms with Gasteiger partial charge in [0, 0.05) is 23.6 Å². The molecule has 0 saturated heterocycles. The van der Waals surface area contributed by atoms with Crippen LogP contribution in [-0.4, -0.2) is 24.8 Å². The standard InChI is InChI=1S/C7H9ClN2O3S/c8-14(11,12)5-6-4-9-10-2-1-3-13-7(6)10/h4H,1-3,5H2. The van der Waals surface area contributed by atoms with Gasteiger partial charge in [-0.2, -0.15) is 5.10 Å². The maximum absolute atomic E-state index is 10.9. The largest absolute Gasteiger partial charge is 0.478 e. The zero-order chi connectivity index (χ0) is 10.2. The smallest absolute Gasteiger partial charge is 0.237 e. The van der Waals surface area contributed by atoms with E-state index in [1.165, 1.54) is 6.20 Å². The van der Waals surface area contributed by atoms with Gasteiger partial charge in [-0.25, -0.2) is 13.1 Å². The van der Waals surface area contributed by atoms with Crippen molar-refractivity contribution in [3.05, 3.63) is 11.8 Å². The summed E-state index contributed by atoms with van der Waals surface area (Å²) in [5.74, 6) is 0.296. The molecule has 0 amide bonds. The van der Waals surface area contributed by atoms with Crippen LogP contribution in [0.25, 0.3) is 0 Å². The molecule has 1 aliphatic rings. The molecule has 0 radical (unpaired) electrons. The highest BCUT2D eigenvalue weighted by Gasteiger charge is 2.19. The number of nitrogens with zero attached hydrogens (tertiary/aromatic N) is 2. The Kier molecular flexibility index (Phi) is 2.40. The Balaban J connectivity index is 2.31. The lowest BCUT2D eigenvalue weighted by Crippen LogP contribution is -2.15. The summed E-state index contributed by atoms with van der Waals surface area (Å²) in [5, 5.41) is 4.01. The predicted molar refractivity (Wildman–Crippen MR) is 50.8 cm³/mol. The van der Waals surface area contributed by atoms with Crippen LogP contribution in [0, 0.1) is 0 Å². The van der Waals surface area contributed by atoms with Crippen LogP contribution >= 0.6 is 10.7 Å². The molecule has 0 N–H and O–H groups in total. The molecule has 0 unspecified atom stereocenters. The molecule has 0 fully saturated rings. The monoisotopic (exact) mass is 236 g/mol. The fourth-order valence-electron chi connectivity index (χ4n) is 1.41. The van der Waals surface area contributed by atoms with Crippen molar-refractivity contribution in [3.63, 3.8) is 0 Å². The molecule has 0 aromatic carbocycles. The van der Waals surface area contributed by atoms with E-state index in [9.17, 15) is 8.42 Å². The molecule has 7 heteroatoms. The van der Waals surface area contributed by atoms with E-state index in [0.29, 0.717) is 18.1 Å². The third kappa shape index (κ3) is 2.01. The first-order valence-corrected chi connectivity index (χ1v) is 6.64. The molecule has 78 valence electrons. The van der Waals surface area contributed by atoms with Crippen molar-refractivity contribution in [2.45, 2.75) is 18.7 Å². The van der Waals surface area contributed by atoms with Gasteiger partial charge in [-0.3, -0.25) is 0 Å². The van der Waals surface area contributed by atoms with Crippen molar-refractivity contribution in [1.82, 2.24) is 9.78 Å². The number of hydrogen-bond donors (Lipinski definition) is 0. The van der Waals surface area contributed by atoms with Gasteiger partial charge in [0.25, 0.3) is 0 Å². The molecule has 1 aliphatic heterocycles. The van der Waals surface area contributed by atoms with Crippen LogP contribution in [-0.2, 0) is 21.3 Å². The third-order valence-electron chi connectivity index (χ3n) is 1.94. The van der Waals surface area contributed by atoms with E-state index in [1.54, 1.807) is 4.68 Å². The van der Waals surface area contributed by atoms with Crippen LogP contribution in [0.4, 0.5) is 0 Å². The molecule has 1 aromatic heterocycles. The Hall–Kier alpha value is -0.750. The second kappa shape index (κ2) is 3.43. The molecular formula is C7H9ClN2O3S. The number of halogens is 1. The van der Waals surface area contributed by atoms with Gasteiger partial charge in [0.1, 0.15) is 0 Å². The Bertz CT molecular complexity index is 440. The predicted octanol–water partition coefficient (Wildman–Crippen LogP) is 0.734. The van der Waals surface area contributed by atoms with E-state index >= 15 is 0 Å². The lowest BCUT2D eigenvalue weighted by Gasteiger charge is -2.15. The summed E-state index contributed by atoms with van der Waals surface area (Å²) in [5.41, 5.74) is 0.528. The maximum atomic E-state index is 10.9. The Morgan fingerprint density at radius 3 is 3.14 bits per heavy atom. The van der Waals surface area contributed by atoms with Crippen molar-refractivity contribution in [2.24, 2.45) is 0 Å². The molecule has 0 spiro atoms.